The van der Waals surface area contributed by atoms with Crippen molar-refractivity contribution in [3.63, 3.8) is 0 Å². The number of nitrogens with zero attached hydrogens (tertiary/aromatic N) is 2. The van der Waals surface area contributed by atoms with Crippen LogP contribution in [0, 0.1) is 11.3 Å². The van der Waals surface area contributed by atoms with E-state index in [1.807, 2.05) is 0 Å². The maximum Gasteiger partial charge on any atom is 0.111 e. The summed E-state index contributed by atoms with van der Waals surface area (Å²) in [5, 5.41) is 12.6. The van der Waals surface area contributed by atoms with E-state index in [1.165, 1.54) is 0 Å². The van der Waals surface area contributed by atoms with Gasteiger partial charge in [-0.1, -0.05) is 0 Å². The van der Waals surface area contributed by atoms with Crippen LogP contribution in [0.4, 0.5) is 0 Å². The van der Waals surface area contributed by atoms with Crippen molar-refractivity contribution in [3.8, 4) is 6.07 Å². The summed E-state index contributed by atoms with van der Waals surface area (Å²) in [7, 11) is 0. The number of hydrogen-bond acceptors (Lipinski definition) is 5. The van der Waals surface area contributed by atoms with E-state index in [4.69, 9.17) is 9.47 Å². The fourth-order valence-corrected chi connectivity index (χ4v) is 3.43. The number of nitrogens with one attached hydrogen (secondary N) is 1. The highest BCUT2D eigenvalue weighted by Crippen LogP contribution is 2.35. The molecule has 0 amide bonds. The van der Waals surface area contributed by atoms with Gasteiger partial charge in [-0.15, -0.1) is 0 Å². The minimum absolute atomic E-state index is 0.0150. The van der Waals surface area contributed by atoms with Crippen molar-refractivity contribution in [2.75, 3.05) is 39.5 Å². The van der Waals surface area contributed by atoms with Gasteiger partial charge in [-0.3, -0.25) is 4.90 Å². The lowest BCUT2D eigenvalue weighted by atomic mass is 9.88. The van der Waals surface area contributed by atoms with Crippen LogP contribution in [0.3, 0.4) is 0 Å². The van der Waals surface area contributed by atoms with Gasteiger partial charge < -0.3 is 14.8 Å². The molecule has 1 spiro atoms. The number of nitriles is 1. The lowest BCUT2D eigenvalue weighted by molar-refractivity contribution is -0.110. The molecular weight excluding hydrogens is 230 g/mol. The lowest BCUT2D eigenvalue weighted by Gasteiger charge is -2.45. The van der Waals surface area contributed by atoms with Crippen molar-refractivity contribution < 1.29 is 9.47 Å². The average molecular weight is 251 g/mol. The Morgan fingerprint density at radius 3 is 3.11 bits per heavy atom. The van der Waals surface area contributed by atoms with Gasteiger partial charge in [0.15, 0.2) is 0 Å². The highest BCUT2D eigenvalue weighted by molar-refractivity contribution is 5.02. The van der Waals surface area contributed by atoms with Gasteiger partial charge in [0.1, 0.15) is 6.04 Å². The Bertz CT molecular complexity index is 336. The summed E-state index contributed by atoms with van der Waals surface area (Å²) in [6, 6.07) is 2.92. The normalized spacial score (nSPS) is 41.9. The summed E-state index contributed by atoms with van der Waals surface area (Å²) in [4.78, 5) is 2.37. The van der Waals surface area contributed by atoms with E-state index in [0.717, 1.165) is 58.7 Å². The molecule has 0 radical (unpaired) electrons. The molecule has 3 fully saturated rings. The Morgan fingerprint density at radius 2 is 2.33 bits per heavy atom. The first-order valence-electron chi connectivity index (χ1n) is 6.91. The van der Waals surface area contributed by atoms with Crippen molar-refractivity contribution in [3.05, 3.63) is 0 Å². The van der Waals surface area contributed by atoms with Gasteiger partial charge in [0, 0.05) is 45.3 Å². The minimum atomic E-state index is -0.0617. The first-order chi connectivity index (χ1) is 8.83. The molecule has 0 aromatic rings. The molecule has 3 aliphatic rings. The van der Waals surface area contributed by atoms with Crippen LogP contribution in [0.1, 0.15) is 19.3 Å². The molecule has 3 saturated heterocycles. The average Bonchev–Trinajstić information content (AvgIpc) is 2.86. The van der Waals surface area contributed by atoms with Gasteiger partial charge in [-0.05, 0) is 12.8 Å². The van der Waals surface area contributed by atoms with Gasteiger partial charge in [-0.2, -0.15) is 5.26 Å². The van der Waals surface area contributed by atoms with Crippen molar-refractivity contribution in [2.45, 2.75) is 36.9 Å². The summed E-state index contributed by atoms with van der Waals surface area (Å²) in [5.74, 6) is 0. The van der Waals surface area contributed by atoms with Crippen LogP contribution in [-0.4, -0.2) is 62.0 Å². The molecule has 3 heterocycles. The molecule has 1 N–H and O–H groups in total. The highest BCUT2D eigenvalue weighted by atomic mass is 16.6. The fraction of sp³-hybridized carbons (Fsp3) is 0.923. The second-order valence-corrected chi connectivity index (χ2v) is 5.57. The zero-order chi connectivity index (χ0) is 12.4. The van der Waals surface area contributed by atoms with Gasteiger partial charge >= 0.3 is 0 Å². The van der Waals surface area contributed by atoms with Crippen LogP contribution in [0.25, 0.3) is 0 Å². The quantitative estimate of drug-likeness (QED) is 0.717. The Labute approximate surface area is 108 Å². The van der Waals surface area contributed by atoms with Crippen LogP contribution < -0.4 is 5.32 Å². The Balaban J connectivity index is 1.69. The molecule has 100 valence electrons. The third-order valence-electron chi connectivity index (χ3n) is 4.44. The van der Waals surface area contributed by atoms with E-state index < -0.39 is 0 Å². The van der Waals surface area contributed by atoms with E-state index in [2.05, 4.69) is 16.3 Å². The second kappa shape index (κ2) is 5.14. The molecular formula is C13H21N3O2. The Morgan fingerprint density at radius 1 is 1.39 bits per heavy atom. The SMILES string of the molecule is N#CC1CNCCN1C1CCOC2(CCOC2)C1. The smallest absolute Gasteiger partial charge is 0.111 e. The van der Waals surface area contributed by atoms with Gasteiger partial charge in [0.25, 0.3) is 0 Å². The highest BCUT2D eigenvalue weighted by Gasteiger charge is 2.43. The topological polar surface area (TPSA) is 57.5 Å². The van der Waals surface area contributed by atoms with E-state index in [9.17, 15) is 5.26 Å². The molecule has 18 heavy (non-hydrogen) atoms. The van der Waals surface area contributed by atoms with Crippen LogP contribution in [0.15, 0.2) is 0 Å². The summed E-state index contributed by atoms with van der Waals surface area (Å²) >= 11 is 0. The molecule has 3 rings (SSSR count). The second-order valence-electron chi connectivity index (χ2n) is 5.57. The molecule has 0 bridgehead atoms. The molecule has 5 nitrogen and oxygen atoms in total. The predicted molar refractivity (Wildman–Crippen MR) is 66.1 cm³/mol. The lowest BCUT2D eigenvalue weighted by Crippen LogP contribution is -2.58. The standard InChI is InChI=1S/C13H21N3O2/c14-8-12-9-15-3-4-16(12)11-1-5-18-13(7-11)2-6-17-10-13/h11-12,15H,1-7,9-10H2. The van der Waals surface area contributed by atoms with Crippen molar-refractivity contribution >= 4 is 0 Å². The van der Waals surface area contributed by atoms with E-state index in [0.29, 0.717) is 6.04 Å². The van der Waals surface area contributed by atoms with Crippen molar-refractivity contribution in [2.24, 2.45) is 0 Å². The third-order valence-corrected chi connectivity index (χ3v) is 4.44. The molecule has 0 aromatic carbocycles. The van der Waals surface area contributed by atoms with Gasteiger partial charge in [-0.25, -0.2) is 0 Å². The summed E-state index contributed by atoms with van der Waals surface area (Å²) in [6.07, 6.45) is 3.07. The first kappa shape index (κ1) is 12.4. The van der Waals surface area contributed by atoms with Gasteiger partial charge in [0.2, 0.25) is 0 Å². The molecule has 3 atom stereocenters. The van der Waals surface area contributed by atoms with E-state index in [1.54, 1.807) is 0 Å². The molecule has 0 aromatic heterocycles. The first-order valence-corrected chi connectivity index (χ1v) is 6.91. The summed E-state index contributed by atoms with van der Waals surface area (Å²) < 4.78 is 11.5. The van der Waals surface area contributed by atoms with Crippen LogP contribution >= 0.6 is 0 Å². The largest absolute Gasteiger partial charge is 0.378 e. The summed E-state index contributed by atoms with van der Waals surface area (Å²) in [6.45, 7) is 5.09. The maximum atomic E-state index is 9.26. The van der Waals surface area contributed by atoms with Crippen molar-refractivity contribution in [1.82, 2.24) is 10.2 Å². The predicted octanol–water partition coefficient (Wildman–Crippen LogP) is 0.122. The third kappa shape index (κ3) is 2.26. The van der Waals surface area contributed by atoms with E-state index in [-0.39, 0.29) is 11.6 Å². The van der Waals surface area contributed by atoms with Crippen LogP contribution in [-0.2, 0) is 9.47 Å². The molecule has 0 saturated carbocycles. The Kier molecular flexibility index (Phi) is 3.53. The summed E-state index contributed by atoms with van der Waals surface area (Å²) in [5.41, 5.74) is -0.0617. The molecule has 3 unspecified atom stereocenters. The number of ether oxygens (including phenoxy) is 2. The zero-order valence-electron chi connectivity index (χ0n) is 10.7. The molecule has 5 heteroatoms. The number of hydrogen-bond donors (Lipinski definition) is 1. The Hall–Kier alpha value is -0.670. The van der Waals surface area contributed by atoms with E-state index >= 15 is 0 Å². The van der Waals surface area contributed by atoms with Gasteiger partial charge in [0.05, 0.1) is 18.3 Å². The maximum absolute atomic E-state index is 9.26. The molecule has 0 aliphatic carbocycles. The minimum Gasteiger partial charge on any atom is -0.378 e. The monoisotopic (exact) mass is 251 g/mol. The van der Waals surface area contributed by atoms with Crippen LogP contribution in [0.5, 0.6) is 0 Å². The number of rotatable bonds is 1. The van der Waals surface area contributed by atoms with Crippen molar-refractivity contribution in [1.29, 1.82) is 5.26 Å². The molecule has 3 aliphatic heterocycles. The zero-order valence-corrected chi connectivity index (χ0v) is 10.7. The fourth-order valence-electron chi connectivity index (χ4n) is 3.43. The number of piperazine rings is 1. The van der Waals surface area contributed by atoms with Crippen LogP contribution in [0.2, 0.25) is 0 Å².